The van der Waals surface area contributed by atoms with E-state index >= 15 is 0 Å². The number of morpholine rings is 1. The van der Waals surface area contributed by atoms with Crippen LogP contribution in [0.2, 0.25) is 0 Å². The summed E-state index contributed by atoms with van der Waals surface area (Å²) >= 11 is 1.48. The van der Waals surface area contributed by atoms with Gasteiger partial charge in [0.25, 0.3) is 0 Å². The summed E-state index contributed by atoms with van der Waals surface area (Å²) in [7, 11) is 0. The molecule has 20 heavy (non-hydrogen) atoms. The van der Waals surface area contributed by atoms with E-state index in [4.69, 9.17) is 4.74 Å². The second-order valence-corrected chi connectivity index (χ2v) is 5.68. The van der Waals surface area contributed by atoms with Gasteiger partial charge in [-0.15, -0.1) is 0 Å². The smallest absolute Gasteiger partial charge is 0.204 e. The van der Waals surface area contributed by atoms with Gasteiger partial charge in [0.1, 0.15) is 0 Å². The van der Waals surface area contributed by atoms with Crippen LogP contribution in [0.1, 0.15) is 20.9 Å². The van der Waals surface area contributed by atoms with Crippen molar-refractivity contribution in [2.45, 2.75) is 6.92 Å². The van der Waals surface area contributed by atoms with Crippen molar-refractivity contribution in [2.75, 3.05) is 31.2 Å². The SMILES string of the molecule is Cc1nc(N2CCOCC2)sc1C(=O)c1ccccc1. The molecule has 0 aliphatic carbocycles. The van der Waals surface area contributed by atoms with Crippen LogP contribution in [0.4, 0.5) is 5.13 Å². The number of ketones is 1. The van der Waals surface area contributed by atoms with E-state index in [1.807, 2.05) is 37.3 Å². The molecule has 4 nitrogen and oxygen atoms in total. The highest BCUT2D eigenvalue weighted by atomic mass is 32.1. The third-order valence-corrected chi connectivity index (χ3v) is 4.53. The molecule has 0 atom stereocenters. The number of nitrogens with zero attached hydrogens (tertiary/aromatic N) is 2. The van der Waals surface area contributed by atoms with Crippen LogP contribution in [0.25, 0.3) is 0 Å². The molecule has 5 heteroatoms. The number of hydrogen-bond donors (Lipinski definition) is 0. The zero-order valence-electron chi connectivity index (χ0n) is 11.3. The van der Waals surface area contributed by atoms with Crippen LogP contribution in [0.5, 0.6) is 0 Å². The standard InChI is InChI=1S/C15H16N2O2S/c1-11-14(13(18)12-5-3-2-4-6-12)20-15(16-11)17-7-9-19-10-8-17/h2-6H,7-10H2,1H3. The lowest BCUT2D eigenvalue weighted by Gasteiger charge is -2.25. The minimum Gasteiger partial charge on any atom is -0.378 e. The first kappa shape index (κ1) is 13.3. The topological polar surface area (TPSA) is 42.4 Å². The minimum atomic E-state index is 0.0557. The summed E-state index contributed by atoms with van der Waals surface area (Å²) in [6.07, 6.45) is 0. The molecule has 2 heterocycles. The van der Waals surface area contributed by atoms with Gasteiger partial charge in [0.2, 0.25) is 5.78 Å². The van der Waals surface area contributed by atoms with Gasteiger partial charge in [0.15, 0.2) is 5.13 Å². The van der Waals surface area contributed by atoms with Crippen molar-refractivity contribution in [1.29, 1.82) is 0 Å². The second-order valence-electron chi connectivity index (χ2n) is 4.71. The molecule has 0 amide bonds. The molecule has 0 radical (unpaired) electrons. The molecule has 1 fully saturated rings. The first-order valence-electron chi connectivity index (χ1n) is 6.65. The van der Waals surface area contributed by atoms with Gasteiger partial charge < -0.3 is 9.64 Å². The zero-order chi connectivity index (χ0) is 13.9. The molecule has 3 rings (SSSR count). The average Bonchev–Trinajstić information content (AvgIpc) is 2.90. The van der Waals surface area contributed by atoms with Crippen molar-refractivity contribution in [1.82, 2.24) is 4.98 Å². The Morgan fingerprint density at radius 3 is 2.65 bits per heavy atom. The van der Waals surface area contributed by atoms with Crippen molar-refractivity contribution in [3.8, 4) is 0 Å². The van der Waals surface area contributed by atoms with Gasteiger partial charge in [0, 0.05) is 18.7 Å². The first-order chi connectivity index (χ1) is 9.75. The molecule has 1 saturated heterocycles. The molecule has 1 aromatic carbocycles. The van der Waals surface area contributed by atoms with Crippen molar-refractivity contribution in [3.05, 3.63) is 46.5 Å². The Labute approximate surface area is 122 Å². The van der Waals surface area contributed by atoms with E-state index in [1.165, 1.54) is 11.3 Å². The quantitative estimate of drug-likeness (QED) is 0.814. The number of ether oxygens (including phenoxy) is 1. The number of carbonyl (C=O) groups excluding carboxylic acids is 1. The van der Waals surface area contributed by atoms with E-state index in [-0.39, 0.29) is 5.78 Å². The van der Waals surface area contributed by atoms with Gasteiger partial charge in [0.05, 0.1) is 23.8 Å². The summed E-state index contributed by atoms with van der Waals surface area (Å²) < 4.78 is 5.34. The number of carbonyl (C=O) groups is 1. The van der Waals surface area contributed by atoms with E-state index in [2.05, 4.69) is 9.88 Å². The molecule has 0 N–H and O–H groups in total. The lowest BCUT2D eigenvalue weighted by Crippen LogP contribution is -2.36. The first-order valence-corrected chi connectivity index (χ1v) is 7.47. The van der Waals surface area contributed by atoms with Gasteiger partial charge in [-0.1, -0.05) is 41.7 Å². The number of thiazole rings is 1. The molecule has 104 valence electrons. The lowest BCUT2D eigenvalue weighted by atomic mass is 10.1. The number of anilines is 1. The normalized spacial score (nSPS) is 15.3. The molecule has 1 aliphatic rings. The van der Waals surface area contributed by atoms with Crippen LogP contribution in [0, 0.1) is 6.92 Å². The van der Waals surface area contributed by atoms with Gasteiger partial charge in [-0.05, 0) is 6.92 Å². The average molecular weight is 288 g/mol. The maximum Gasteiger partial charge on any atom is 0.204 e. The molecular weight excluding hydrogens is 272 g/mol. The minimum absolute atomic E-state index is 0.0557. The maximum absolute atomic E-state index is 12.5. The highest BCUT2D eigenvalue weighted by molar-refractivity contribution is 7.17. The Morgan fingerprint density at radius 1 is 1.25 bits per heavy atom. The highest BCUT2D eigenvalue weighted by Gasteiger charge is 2.21. The second kappa shape index (κ2) is 5.73. The Kier molecular flexibility index (Phi) is 3.80. The Balaban J connectivity index is 1.87. The summed E-state index contributed by atoms with van der Waals surface area (Å²) in [5.41, 5.74) is 1.53. The van der Waals surface area contributed by atoms with E-state index in [1.54, 1.807) is 0 Å². The lowest BCUT2D eigenvalue weighted by molar-refractivity contribution is 0.104. The molecule has 0 spiro atoms. The predicted octanol–water partition coefficient (Wildman–Crippen LogP) is 2.52. The van der Waals surface area contributed by atoms with E-state index < -0.39 is 0 Å². The number of aryl methyl sites for hydroxylation is 1. The summed E-state index contributed by atoms with van der Waals surface area (Å²) in [5, 5.41) is 0.921. The fourth-order valence-corrected chi connectivity index (χ4v) is 3.28. The summed E-state index contributed by atoms with van der Waals surface area (Å²) in [4.78, 5) is 20.0. The summed E-state index contributed by atoms with van der Waals surface area (Å²) in [5.74, 6) is 0.0557. The van der Waals surface area contributed by atoms with Crippen LogP contribution in [-0.2, 0) is 4.74 Å². The Morgan fingerprint density at radius 2 is 1.95 bits per heavy atom. The van der Waals surface area contributed by atoms with Gasteiger partial charge >= 0.3 is 0 Å². The molecule has 0 unspecified atom stereocenters. The van der Waals surface area contributed by atoms with E-state index in [9.17, 15) is 4.79 Å². The van der Waals surface area contributed by atoms with Crippen LogP contribution in [0.3, 0.4) is 0 Å². The number of rotatable bonds is 3. The molecular formula is C15H16N2O2S. The monoisotopic (exact) mass is 288 g/mol. The van der Waals surface area contributed by atoms with E-state index in [0.717, 1.165) is 42.0 Å². The van der Waals surface area contributed by atoms with Crippen molar-refractivity contribution in [3.63, 3.8) is 0 Å². The zero-order valence-corrected chi connectivity index (χ0v) is 12.2. The van der Waals surface area contributed by atoms with Crippen LogP contribution >= 0.6 is 11.3 Å². The van der Waals surface area contributed by atoms with Gasteiger partial charge in [-0.3, -0.25) is 4.79 Å². The molecule has 2 aromatic rings. The van der Waals surface area contributed by atoms with Gasteiger partial charge in [-0.25, -0.2) is 4.98 Å². The number of aromatic nitrogens is 1. The predicted molar refractivity (Wildman–Crippen MR) is 79.8 cm³/mol. The van der Waals surface area contributed by atoms with Crippen molar-refractivity contribution < 1.29 is 9.53 Å². The molecule has 0 bridgehead atoms. The third-order valence-electron chi connectivity index (χ3n) is 3.31. The fraction of sp³-hybridized carbons (Fsp3) is 0.333. The fourth-order valence-electron chi connectivity index (χ4n) is 2.20. The maximum atomic E-state index is 12.5. The van der Waals surface area contributed by atoms with Crippen LogP contribution < -0.4 is 4.90 Å². The van der Waals surface area contributed by atoms with Gasteiger partial charge in [-0.2, -0.15) is 0 Å². The van der Waals surface area contributed by atoms with Crippen molar-refractivity contribution >= 4 is 22.3 Å². The Hall–Kier alpha value is -1.72. The van der Waals surface area contributed by atoms with Crippen molar-refractivity contribution in [2.24, 2.45) is 0 Å². The Bertz CT molecular complexity index is 604. The van der Waals surface area contributed by atoms with Crippen LogP contribution in [0.15, 0.2) is 30.3 Å². The highest BCUT2D eigenvalue weighted by Crippen LogP contribution is 2.28. The number of hydrogen-bond acceptors (Lipinski definition) is 5. The van der Waals surface area contributed by atoms with Crippen LogP contribution in [-0.4, -0.2) is 37.1 Å². The van der Waals surface area contributed by atoms with E-state index in [0.29, 0.717) is 5.56 Å². The summed E-state index contributed by atoms with van der Waals surface area (Å²) in [6.45, 7) is 5.02. The molecule has 1 aliphatic heterocycles. The largest absolute Gasteiger partial charge is 0.378 e. The molecule has 1 aromatic heterocycles. The summed E-state index contributed by atoms with van der Waals surface area (Å²) in [6, 6.07) is 9.36. The number of benzene rings is 1. The molecule has 0 saturated carbocycles. The third kappa shape index (κ3) is 2.59.